The van der Waals surface area contributed by atoms with Crippen molar-refractivity contribution in [3.05, 3.63) is 72.3 Å². The Morgan fingerprint density at radius 3 is 2.56 bits per heavy atom. The molecule has 0 saturated heterocycles. The minimum atomic E-state index is 0.424. The largest absolute Gasteiger partial charge is 0.497 e. The lowest BCUT2D eigenvalue weighted by atomic mass is 10.0. The predicted octanol–water partition coefficient (Wildman–Crippen LogP) is 4.56. The van der Waals surface area contributed by atoms with E-state index in [4.69, 9.17) is 17.0 Å². The van der Waals surface area contributed by atoms with E-state index in [-0.39, 0.29) is 0 Å². The summed E-state index contributed by atoms with van der Waals surface area (Å²) in [4.78, 5) is 0. The molecule has 0 atom stereocenters. The summed E-state index contributed by atoms with van der Waals surface area (Å²) in [6, 6.07) is 22.1. The molecule has 0 aromatic heterocycles. The Morgan fingerprint density at radius 2 is 1.76 bits per heavy atom. The molecule has 3 aromatic carbocycles. The van der Waals surface area contributed by atoms with Crippen LogP contribution in [0.2, 0.25) is 0 Å². The Balaban J connectivity index is 1.68. The van der Waals surface area contributed by atoms with Gasteiger partial charge in [0, 0.05) is 11.8 Å². The number of nitrogens with one attached hydrogen (secondary N) is 2. The van der Waals surface area contributed by atoms with Gasteiger partial charge in [-0.1, -0.05) is 42.5 Å². The number of hydrogen-bond acceptors (Lipinski definition) is 3. The van der Waals surface area contributed by atoms with Crippen LogP contribution in [0, 0.1) is 0 Å². The first kappa shape index (κ1) is 16.9. The molecule has 3 rings (SSSR count). The molecular formula is C20H19N3OS. The second-order valence-corrected chi connectivity index (χ2v) is 5.97. The van der Waals surface area contributed by atoms with Crippen LogP contribution in [-0.4, -0.2) is 17.9 Å². The predicted molar refractivity (Wildman–Crippen MR) is 109 cm³/mol. The summed E-state index contributed by atoms with van der Waals surface area (Å²) in [6.07, 6.45) is 0. The Bertz CT molecular complexity index is 937. The minimum absolute atomic E-state index is 0.424. The first-order chi connectivity index (χ1) is 12.2. The monoisotopic (exact) mass is 349 g/mol. The van der Waals surface area contributed by atoms with Crippen molar-refractivity contribution >= 4 is 39.5 Å². The molecule has 5 heteroatoms. The molecule has 0 fully saturated rings. The number of benzene rings is 3. The van der Waals surface area contributed by atoms with Crippen molar-refractivity contribution in [3.8, 4) is 5.75 Å². The molecule has 0 spiro atoms. The van der Waals surface area contributed by atoms with Gasteiger partial charge < -0.3 is 10.1 Å². The van der Waals surface area contributed by atoms with Gasteiger partial charge in [-0.2, -0.15) is 5.10 Å². The third-order valence-corrected chi connectivity index (χ3v) is 4.01. The van der Waals surface area contributed by atoms with E-state index in [9.17, 15) is 0 Å². The number of thiocarbonyl (C=S) groups is 1. The number of hydrogen-bond donors (Lipinski definition) is 2. The first-order valence-electron chi connectivity index (χ1n) is 7.90. The van der Waals surface area contributed by atoms with E-state index in [2.05, 4.69) is 46.2 Å². The lowest BCUT2D eigenvalue weighted by Gasteiger charge is -2.09. The topological polar surface area (TPSA) is 45.6 Å². The molecule has 0 saturated carbocycles. The third kappa shape index (κ3) is 4.33. The molecule has 4 nitrogen and oxygen atoms in total. The third-order valence-electron chi connectivity index (χ3n) is 3.82. The van der Waals surface area contributed by atoms with Crippen LogP contribution >= 0.6 is 12.2 Å². The molecule has 0 bridgehead atoms. The average molecular weight is 349 g/mol. The molecule has 0 aliphatic rings. The highest BCUT2D eigenvalue weighted by Crippen LogP contribution is 2.17. The zero-order chi connectivity index (χ0) is 17.6. The fourth-order valence-electron chi connectivity index (χ4n) is 2.47. The van der Waals surface area contributed by atoms with E-state index in [0.717, 1.165) is 22.7 Å². The lowest BCUT2D eigenvalue weighted by molar-refractivity contribution is 0.415. The van der Waals surface area contributed by atoms with Crippen LogP contribution in [0.25, 0.3) is 10.8 Å². The van der Waals surface area contributed by atoms with Crippen molar-refractivity contribution < 1.29 is 4.74 Å². The van der Waals surface area contributed by atoms with Crippen LogP contribution in [-0.2, 0) is 0 Å². The van der Waals surface area contributed by atoms with E-state index in [1.54, 1.807) is 7.11 Å². The second-order valence-electron chi connectivity index (χ2n) is 5.56. The van der Waals surface area contributed by atoms with Gasteiger partial charge in [-0.3, -0.25) is 5.43 Å². The summed E-state index contributed by atoms with van der Waals surface area (Å²) in [5.41, 5.74) is 5.64. The molecular weight excluding hydrogens is 330 g/mol. The Kier molecular flexibility index (Phi) is 5.26. The van der Waals surface area contributed by atoms with E-state index < -0.39 is 0 Å². The quantitative estimate of drug-likeness (QED) is 0.412. The maximum Gasteiger partial charge on any atom is 0.191 e. The highest BCUT2D eigenvalue weighted by atomic mass is 32.1. The Morgan fingerprint density at radius 1 is 0.960 bits per heavy atom. The van der Waals surface area contributed by atoms with Gasteiger partial charge in [0.05, 0.1) is 12.8 Å². The van der Waals surface area contributed by atoms with Crippen molar-refractivity contribution in [1.82, 2.24) is 5.43 Å². The highest BCUT2D eigenvalue weighted by molar-refractivity contribution is 7.80. The maximum absolute atomic E-state index is 5.29. The van der Waals surface area contributed by atoms with Gasteiger partial charge in [0.1, 0.15) is 5.75 Å². The van der Waals surface area contributed by atoms with Crippen LogP contribution in [0.4, 0.5) is 5.69 Å². The summed E-state index contributed by atoms with van der Waals surface area (Å²) in [6.45, 7) is 1.95. The molecule has 0 unspecified atom stereocenters. The minimum Gasteiger partial charge on any atom is -0.497 e. The zero-order valence-electron chi connectivity index (χ0n) is 14.1. The van der Waals surface area contributed by atoms with E-state index in [0.29, 0.717) is 5.11 Å². The van der Waals surface area contributed by atoms with Gasteiger partial charge in [0.15, 0.2) is 5.11 Å². The van der Waals surface area contributed by atoms with Crippen molar-refractivity contribution in [1.29, 1.82) is 0 Å². The SMILES string of the molecule is COc1cccc(NC(=S)N/N=C(/C)c2ccc3ccccc3c2)c1. The number of nitrogens with zero attached hydrogens (tertiary/aromatic N) is 1. The Labute approximate surface area is 152 Å². The number of methoxy groups -OCH3 is 1. The van der Waals surface area contributed by atoms with E-state index >= 15 is 0 Å². The van der Waals surface area contributed by atoms with Gasteiger partial charge in [-0.25, -0.2) is 0 Å². The summed E-state index contributed by atoms with van der Waals surface area (Å²) in [5, 5.41) is 10.3. The molecule has 0 aliphatic heterocycles. The van der Waals surface area contributed by atoms with Crippen LogP contribution < -0.4 is 15.5 Å². The molecule has 2 N–H and O–H groups in total. The Hall–Kier alpha value is -2.92. The molecule has 0 radical (unpaired) electrons. The number of ether oxygens (including phenoxy) is 1. The normalized spacial score (nSPS) is 11.2. The molecule has 0 amide bonds. The first-order valence-corrected chi connectivity index (χ1v) is 8.31. The van der Waals surface area contributed by atoms with Gasteiger partial charge in [-0.15, -0.1) is 0 Å². The van der Waals surface area contributed by atoms with Crippen molar-refractivity contribution in [2.45, 2.75) is 6.92 Å². The fourth-order valence-corrected chi connectivity index (χ4v) is 2.64. The number of rotatable bonds is 4. The zero-order valence-corrected chi connectivity index (χ0v) is 14.9. The summed E-state index contributed by atoms with van der Waals surface area (Å²) in [5.74, 6) is 0.767. The lowest BCUT2D eigenvalue weighted by Crippen LogP contribution is -2.24. The van der Waals surface area contributed by atoms with Crippen molar-refractivity contribution in [2.24, 2.45) is 5.10 Å². The smallest absolute Gasteiger partial charge is 0.191 e. The summed E-state index contributed by atoms with van der Waals surface area (Å²) >= 11 is 5.29. The van der Waals surface area contributed by atoms with E-state index in [1.807, 2.05) is 43.3 Å². The van der Waals surface area contributed by atoms with Crippen LogP contribution in [0.5, 0.6) is 5.75 Å². The highest BCUT2D eigenvalue weighted by Gasteiger charge is 2.02. The fraction of sp³-hybridized carbons (Fsp3) is 0.100. The van der Waals surface area contributed by atoms with Gasteiger partial charge in [0.2, 0.25) is 0 Å². The number of hydrazone groups is 1. The molecule has 3 aromatic rings. The van der Waals surface area contributed by atoms with Crippen molar-refractivity contribution in [3.63, 3.8) is 0 Å². The molecule has 0 heterocycles. The van der Waals surface area contributed by atoms with Crippen LogP contribution in [0.1, 0.15) is 12.5 Å². The van der Waals surface area contributed by atoms with E-state index in [1.165, 1.54) is 10.8 Å². The molecule has 25 heavy (non-hydrogen) atoms. The average Bonchev–Trinajstić information content (AvgIpc) is 2.65. The van der Waals surface area contributed by atoms with Crippen LogP contribution in [0.3, 0.4) is 0 Å². The van der Waals surface area contributed by atoms with Gasteiger partial charge >= 0.3 is 0 Å². The maximum atomic E-state index is 5.29. The summed E-state index contributed by atoms with van der Waals surface area (Å²) in [7, 11) is 1.63. The van der Waals surface area contributed by atoms with Crippen LogP contribution in [0.15, 0.2) is 71.8 Å². The standard InChI is InChI=1S/C20H19N3OS/c1-14(16-11-10-15-6-3-4-7-17(15)12-16)22-23-20(25)21-18-8-5-9-19(13-18)24-2/h3-13H,1-2H3,(H2,21,23,25)/b22-14-. The summed E-state index contributed by atoms with van der Waals surface area (Å²) < 4.78 is 5.20. The molecule has 0 aliphatic carbocycles. The van der Waals surface area contributed by atoms with Crippen molar-refractivity contribution in [2.75, 3.05) is 12.4 Å². The molecule has 126 valence electrons. The second kappa shape index (κ2) is 7.77. The number of fused-ring (bicyclic) bond motifs is 1. The van der Waals surface area contributed by atoms with Gasteiger partial charge in [0.25, 0.3) is 0 Å². The van der Waals surface area contributed by atoms with Gasteiger partial charge in [-0.05, 0) is 53.7 Å². The number of anilines is 1.